The summed E-state index contributed by atoms with van der Waals surface area (Å²) in [5, 5.41) is 3.26. The Kier molecular flexibility index (Phi) is 7.34. The number of anilines is 2. The third-order valence-electron chi connectivity index (χ3n) is 6.40. The summed E-state index contributed by atoms with van der Waals surface area (Å²) in [5.41, 5.74) is 5.33. The van der Waals surface area contributed by atoms with Gasteiger partial charge in [-0.15, -0.1) is 0 Å². The largest absolute Gasteiger partial charge is 0.492 e. The Balaban J connectivity index is 1.29. The second kappa shape index (κ2) is 11.0. The molecule has 5 rings (SSSR count). The minimum absolute atomic E-state index is 0.162. The van der Waals surface area contributed by atoms with E-state index in [4.69, 9.17) is 13.9 Å². The molecule has 0 atom stereocenters. The van der Waals surface area contributed by atoms with Crippen molar-refractivity contribution in [2.24, 2.45) is 0 Å². The Labute approximate surface area is 215 Å². The van der Waals surface area contributed by atoms with Crippen molar-refractivity contribution in [3.05, 3.63) is 76.0 Å². The predicted molar refractivity (Wildman–Crippen MR) is 142 cm³/mol. The molecule has 1 fully saturated rings. The number of oxazole rings is 1. The van der Waals surface area contributed by atoms with E-state index in [0.717, 1.165) is 66.7 Å². The van der Waals surface area contributed by atoms with Crippen molar-refractivity contribution < 1.29 is 13.9 Å². The van der Waals surface area contributed by atoms with Crippen LogP contribution in [0.2, 0.25) is 0 Å². The third kappa shape index (κ3) is 5.90. The van der Waals surface area contributed by atoms with E-state index in [-0.39, 0.29) is 5.56 Å². The van der Waals surface area contributed by atoms with E-state index < -0.39 is 0 Å². The highest BCUT2D eigenvalue weighted by molar-refractivity contribution is 5.69. The lowest BCUT2D eigenvalue weighted by molar-refractivity contribution is 0.0322. The molecule has 1 aromatic carbocycles. The highest BCUT2D eigenvalue weighted by Gasteiger charge is 2.14. The zero-order valence-corrected chi connectivity index (χ0v) is 21.3. The lowest BCUT2D eigenvalue weighted by Crippen LogP contribution is -2.38. The summed E-state index contributed by atoms with van der Waals surface area (Å²) in [6, 6.07) is 11.9. The van der Waals surface area contributed by atoms with Crippen LogP contribution in [-0.4, -0.2) is 59.3 Å². The van der Waals surface area contributed by atoms with Gasteiger partial charge in [0.05, 0.1) is 30.7 Å². The van der Waals surface area contributed by atoms with Gasteiger partial charge in [0.15, 0.2) is 5.76 Å². The van der Waals surface area contributed by atoms with Crippen molar-refractivity contribution in [2.45, 2.75) is 20.8 Å². The number of aromatic nitrogens is 3. The lowest BCUT2D eigenvalue weighted by Gasteiger charge is -2.26. The molecule has 4 aromatic rings. The van der Waals surface area contributed by atoms with Crippen molar-refractivity contribution in [3.63, 3.8) is 0 Å². The zero-order valence-electron chi connectivity index (χ0n) is 21.3. The number of aromatic amines is 1. The van der Waals surface area contributed by atoms with Gasteiger partial charge in [0.1, 0.15) is 12.4 Å². The van der Waals surface area contributed by atoms with Crippen LogP contribution in [0.1, 0.15) is 16.8 Å². The van der Waals surface area contributed by atoms with Crippen LogP contribution in [-0.2, 0) is 4.74 Å². The molecule has 0 unspecified atom stereocenters. The highest BCUT2D eigenvalue weighted by atomic mass is 16.5. The molecule has 37 heavy (non-hydrogen) atoms. The van der Waals surface area contributed by atoms with Gasteiger partial charge in [-0.25, -0.2) is 4.98 Å². The van der Waals surface area contributed by atoms with E-state index in [0.29, 0.717) is 29.6 Å². The van der Waals surface area contributed by atoms with E-state index in [1.165, 1.54) is 0 Å². The molecular formula is C28H31N5O4. The van der Waals surface area contributed by atoms with Gasteiger partial charge in [-0.3, -0.25) is 14.7 Å². The normalized spacial score (nSPS) is 14.0. The van der Waals surface area contributed by atoms with Crippen molar-refractivity contribution in [2.75, 3.05) is 44.8 Å². The Morgan fingerprint density at radius 1 is 1.05 bits per heavy atom. The van der Waals surface area contributed by atoms with E-state index in [2.05, 4.69) is 25.2 Å². The monoisotopic (exact) mass is 501 g/mol. The number of nitrogens with zero attached hydrogens (tertiary/aromatic N) is 3. The van der Waals surface area contributed by atoms with E-state index in [1.807, 2.05) is 57.2 Å². The summed E-state index contributed by atoms with van der Waals surface area (Å²) < 4.78 is 17.4. The van der Waals surface area contributed by atoms with Crippen molar-refractivity contribution in [3.8, 4) is 28.3 Å². The first-order chi connectivity index (χ1) is 18.0. The van der Waals surface area contributed by atoms with Crippen molar-refractivity contribution >= 4 is 11.7 Å². The van der Waals surface area contributed by atoms with Crippen LogP contribution in [0.4, 0.5) is 11.7 Å². The number of pyridine rings is 2. The first kappa shape index (κ1) is 24.7. The molecule has 3 aromatic heterocycles. The Morgan fingerprint density at radius 3 is 2.70 bits per heavy atom. The molecule has 0 aliphatic carbocycles. The average Bonchev–Trinajstić information content (AvgIpc) is 3.35. The van der Waals surface area contributed by atoms with Crippen molar-refractivity contribution in [1.82, 2.24) is 19.9 Å². The summed E-state index contributed by atoms with van der Waals surface area (Å²) >= 11 is 0. The van der Waals surface area contributed by atoms with Crippen LogP contribution in [0.5, 0.6) is 5.75 Å². The molecule has 0 bridgehead atoms. The molecule has 1 aliphatic heterocycles. The number of ether oxygens (including phenoxy) is 2. The van der Waals surface area contributed by atoms with Gasteiger partial charge in [0, 0.05) is 48.8 Å². The summed E-state index contributed by atoms with van der Waals surface area (Å²) in [6.45, 7) is 10.7. The van der Waals surface area contributed by atoms with Crippen LogP contribution >= 0.6 is 0 Å². The molecule has 9 heteroatoms. The maximum atomic E-state index is 12.6. The van der Waals surface area contributed by atoms with Gasteiger partial charge in [-0.1, -0.05) is 6.07 Å². The lowest BCUT2D eigenvalue weighted by atomic mass is 10.0. The molecule has 2 N–H and O–H groups in total. The fourth-order valence-corrected chi connectivity index (χ4v) is 4.42. The fourth-order valence-electron chi connectivity index (χ4n) is 4.42. The molecule has 0 amide bonds. The van der Waals surface area contributed by atoms with Gasteiger partial charge in [-0.2, -0.15) is 0 Å². The maximum absolute atomic E-state index is 12.6. The fraction of sp³-hybridized carbons (Fsp3) is 0.321. The first-order valence-corrected chi connectivity index (χ1v) is 12.4. The number of hydrogen-bond acceptors (Lipinski definition) is 8. The second-order valence-electron chi connectivity index (χ2n) is 9.20. The Hall–Kier alpha value is -3.95. The molecule has 9 nitrogen and oxygen atoms in total. The van der Waals surface area contributed by atoms with Crippen LogP contribution in [0.25, 0.3) is 22.6 Å². The Bertz CT molecular complexity index is 1440. The van der Waals surface area contributed by atoms with E-state index in [1.54, 1.807) is 12.4 Å². The molecule has 0 spiro atoms. The minimum atomic E-state index is -0.162. The average molecular weight is 502 g/mol. The van der Waals surface area contributed by atoms with Crippen LogP contribution < -0.4 is 15.6 Å². The van der Waals surface area contributed by atoms with Gasteiger partial charge in [0.25, 0.3) is 11.6 Å². The standard InChI is InChI=1S/C28H31N5O4/c1-18-4-5-22(36-13-10-33-8-11-35-12-9-33)16-23(18)32-28-30-17-25(37-28)21-6-7-29-24(15-21)26-19(2)14-20(3)31-27(26)34/h4-7,14-17H,8-13H2,1-3H3,(H,30,32)(H,31,34). The second-order valence-corrected chi connectivity index (χ2v) is 9.20. The molecule has 0 saturated carbocycles. The number of aryl methyl sites for hydroxylation is 3. The quantitative estimate of drug-likeness (QED) is 0.364. The van der Waals surface area contributed by atoms with Gasteiger partial charge < -0.3 is 24.2 Å². The topological polar surface area (TPSA) is 106 Å². The molecule has 1 aliphatic rings. The highest BCUT2D eigenvalue weighted by Crippen LogP contribution is 2.29. The summed E-state index contributed by atoms with van der Waals surface area (Å²) in [6.07, 6.45) is 3.33. The van der Waals surface area contributed by atoms with Gasteiger partial charge in [0.2, 0.25) is 0 Å². The zero-order chi connectivity index (χ0) is 25.8. The molecule has 4 heterocycles. The minimum Gasteiger partial charge on any atom is -0.492 e. The van der Waals surface area contributed by atoms with Gasteiger partial charge in [-0.05, 0) is 56.2 Å². The third-order valence-corrected chi connectivity index (χ3v) is 6.40. The number of hydrogen-bond donors (Lipinski definition) is 2. The molecule has 1 saturated heterocycles. The summed E-state index contributed by atoms with van der Waals surface area (Å²) in [7, 11) is 0. The number of H-pyrrole nitrogens is 1. The SMILES string of the molecule is Cc1cc(C)c(-c2cc(-c3cnc(Nc4cc(OCCN5CCOCC5)ccc4C)o3)ccn2)c(=O)[nH]1. The number of morpholine rings is 1. The first-order valence-electron chi connectivity index (χ1n) is 12.4. The predicted octanol–water partition coefficient (Wildman–Crippen LogP) is 4.47. The molecule has 0 radical (unpaired) electrons. The smallest absolute Gasteiger partial charge is 0.299 e. The molecular weight excluding hydrogens is 470 g/mol. The summed E-state index contributed by atoms with van der Waals surface area (Å²) in [4.78, 5) is 26.6. The number of nitrogens with one attached hydrogen (secondary N) is 2. The van der Waals surface area contributed by atoms with E-state index >= 15 is 0 Å². The Morgan fingerprint density at radius 2 is 1.89 bits per heavy atom. The van der Waals surface area contributed by atoms with Crippen LogP contribution in [0, 0.1) is 20.8 Å². The summed E-state index contributed by atoms with van der Waals surface area (Å²) in [5.74, 6) is 1.36. The molecule has 192 valence electrons. The number of benzene rings is 1. The van der Waals surface area contributed by atoms with Crippen LogP contribution in [0.3, 0.4) is 0 Å². The van der Waals surface area contributed by atoms with E-state index in [9.17, 15) is 4.79 Å². The van der Waals surface area contributed by atoms with Gasteiger partial charge >= 0.3 is 0 Å². The number of rotatable bonds is 8. The van der Waals surface area contributed by atoms with Crippen molar-refractivity contribution in [1.29, 1.82) is 0 Å². The van der Waals surface area contributed by atoms with Crippen LogP contribution in [0.15, 0.2) is 58.0 Å². The maximum Gasteiger partial charge on any atom is 0.299 e.